The molecule has 0 bridgehead atoms. The molecular weight excluding hydrogens is 439 g/mol. The number of hydrogen-bond acceptors (Lipinski definition) is 3. The second kappa shape index (κ2) is 8.98. The van der Waals surface area contributed by atoms with Crippen LogP contribution in [-0.4, -0.2) is 27.5 Å². The third kappa shape index (κ3) is 4.65. The molecule has 3 aromatic rings. The van der Waals surface area contributed by atoms with Crippen molar-refractivity contribution in [3.05, 3.63) is 82.8 Å². The van der Waals surface area contributed by atoms with Gasteiger partial charge in [0.25, 0.3) is 0 Å². The third-order valence-corrected chi connectivity index (χ3v) is 7.57. The van der Waals surface area contributed by atoms with Gasteiger partial charge in [0.05, 0.1) is 14.9 Å². The first kappa shape index (κ1) is 21.2. The third-order valence-electron chi connectivity index (χ3n) is 5.39. The first-order chi connectivity index (χ1) is 14.4. The molecule has 7 heteroatoms. The molecule has 1 saturated heterocycles. The maximum Gasteiger partial charge on any atom is 0.240 e. The van der Waals surface area contributed by atoms with Gasteiger partial charge in [-0.3, -0.25) is 0 Å². The van der Waals surface area contributed by atoms with E-state index in [1.165, 1.54) is 0 Å². The van der Waals surface area contributed by atoms with Crippen LogP contribution in [0.4, 0.5) is 5.69 Å². The molecular formula is C23H22Cl2N2O2S. The molecule has 1 fully saturated rings. The molecule has 0 radical (unpaired) electrons. The summed E-state index contributed by atoms with van der Waals surface area (Å²) >= 11 is 12.1. The Morgan fingerprint density at radius 2 is 1.60 bits per heavy atom. The molecule has 1 unspecified atom stereocenters. The summed E-state index contributed by atoms with van der Waals surface area (Å²) in [7, 11) is -3.59. The number of hydrogen-bond donors (Lipinski definition) is 1. The standard InChI is InChI=1S/C23H22Cl2N2O2S/c24-22-13-10-18(15-23(22)25)17-8-11-21(12-9-17)30(28,29)26-16-20-7-4-14-27(20)19-5-2-1-3-6-19/h1-3,5-6,8-13,15,20,26H,4,7,14,16H2. The number of sulfonamides is 1. The Labute approximate surface area is 187 Å². The van der Waals surface area contributed by atoms with E-state index in [1.807, 2.05) is 24.3 Å². The van der Waals surface area contributed by atoms with E-state index in [0.29, 0.717) is 16.6 Å². The van der Waals surface area contributed by atoms with Crippen molar-refractivity contribution in [1.82, 2.24) is 4.72 Å². The molecule has 0 aromatic heterocycles. The van der Waals surface area contributed by atoms with E-state index in [1.54, 1.807) is 36.4 Å². The summed E-state index contributed by atoms with van der Waals surface area (Å²) in [6.45, 7) is 1.32. The number of para-hydroxylation sites is 1. The van der Waals surface area contributed by atoms with Crippen molar-refractivity contribution in [3.8, 4) is 11.1 Å². The minimum absolute atomic E-state index is 0.151. The molecule has 0 spiro atoms. The minimum Gasteiger partial charge on any atom is -0.367 e. The number of nitrogens with one attached hydrogen (secondary N) is 1. The highest BCUT2D eigenvalue weighted by Gasteiger charge is 2.26. The summed E-state index contributed by atoms with van der Waals surface area (Å²) in [5.74, 6) is 0. The maximum absolute atomic E-state index is 12.8. The molecule has 1 aliphatic heterocycles. The number of benzene rings is 3. The molecule has 3 aromatic carbocycles. The van der Waals surface area contributed by atoms with Gasteiger partial charge in [0, 0.05) is 24.8 Å². The summed E-state index contributed by atoms with van der Waals surface area (Å²) in [6.07, 6.45) is 2.02. The average Bonchev–Trinajstić information content (AvgIpc) is 3.24. The predicted octanol–water partition coefficient (Wildman–Crippen LogP) is 5.61. The van der Waals surface area contributed by atoms with Crippen LogP contribution in [0.15, 0.2) is 77.7 Å². The van der Waals surface area contributed by atoms with Crippen LogP contribution >= 0.6 is 23.2 Å². The second-order valence-electron chi connectivity index (χ2n) is 7.33. The topological polar surface area (TPSA) is 49.4 Å². The van der Waals surface area contributed by atoms with E-state index in [-0.39, 0.29) is 10.9 Å². The molecule has 0 saturated carbocycles. The molecule has 1 aliphatic rings. The number of nitrogens with zero attached hydrogens (tertiary/aromatic N) is 1. The molecule has 0 amide bonds. The fourth-order valence-electron chi connectivity index (χ4n) is 3.80. The van der Waals surface area contributed by atoms with E-state index in [2.05, 4.69) is 21.8 Å². The summed E-state index contributed by atoms with van der Waals surface area (Å²) in [5.41, 5.74) is 2.88. The zero-order chi connectivity index (χ0) is 21.1. The summed E-state index contributed by atoms with van der Waals surface area (Å²) in [6, 6.07) is 22.4. The van der Waals surface area contributed by atoms with Crippen molar-refractivity contribution in [2.45, 2.75) is 23.8 Å². The van der Waals surface area contributed by atoms with Gasteiger partial charge in [0.2, 0.25) is 10.0 Å². The molecule has 1 atom stereocenters. The van der Waals surface area contributed by atoms with Crippen LogP contribution in [0.5, 0.6) is 0 Å². The SMILES string of the molecule is O=S(=O)(NCC1CCCN1c1ccccc1)c1ccc(-c2ccc(Cl)c(Cl)c2)cc1. The molecule has 30 heavy (non-hydrogen) atoms. The largest absolute Gasteiger partial charge is 0.367 e. The van der Waals surface area contributed by atoms with Crippen LogP contribution in [0, 0.1) is 0 Å². The number of rotatable bonds is 6. The van der Waals surface area contributed by atoms with Crippen LogP contribution in [0.1, 0.15) is 12.8 Å². The van der Waals surface area contributed by atoms with Gasteiger partial charge in [-0.25, -0.2) is 13.1 Å². The van der Waals surface area contributed by atoms with Crippen molar-refractivity contribution < 1.29 is 8.42 Å². The van der Waals surface area contributed by atoms with E-state index >= 15 is 0 Å². The Bertz CT molecular complexity index is 1120. The van der Waals surface area contributed by atoms with Crippen LogP contribution < -0.4 is 9.62 Å². The monoisotopic (exact) mass is 460 g/mol. The lowest BCUT2D eigenvalue weighted by Crippen LogP contribution is -2.40. The van der Waals surface area contributed by atoms with Gasteiger partial charge >= 0.3 is 0 Å². The first-order valence-corrected chi connectivity index (χ1v) is 12.0. The van der Waals surface area contributed by atoms with Crippen LogP contribution in [0.25, 0.3) is 11.1 Å². The van der Waals surface area contributed by atoms with Crippen LogP contribution in [0.2, 0.25) is 10.0 Å². The Kier molecular flexibility index (Phi) is 6.34. The number of anilines is 1. The smallest absolute Gasteiger partial charge is 0.240 e. The van der Waals surface area contributed by atoms with E-state index in [4.69, 9.17) is 23.2 Å². The van der Waals surface area contributed by atoms with Crippen molar-refractivity contribution in [2.75, 3.05) is 18.0 Å². The highest BCUT2D eigenvalue weighted by molar-refractivity contribution is 7.89. The van der Waals surface area contributed by atoms with Crippen molar-refractivity contribution >= 4 is 38.9 Å². The molecule has 4 rings (SSSR count). The van der Waals surface area contributed by atoms with Gasteiger partial charge in [-0.2, -0.15) is 0 Å². The van der Waals surface area contributed by atoms with Gasteiger partial charge in [-0.05, 0) is 60.4 Å². The second-order valence-corrected chi connectivity index (χ2v) is 9.91. The van der Waals surface area contributed by atoms with Gasteiger partial charge in [-0.1, -0.05) is 59.6 Å². The molecule has 1 N–H and O–H groups in total. The van der Waals surface area contributed by atoms with Crippen LogP contribution in [-0.2, 0) is 10.0 Å². The van der Waals surface area contributed by atoms with Crippen LogP contribution in [0.3, 0.4) is 0 Å². The summed E-state index contributed by atoms with van der Waals surface area (Å²) < 4.78 is 28.4. The Hall–Kier alpha value is -2.05. The van der Waals surface area contributed by atoms with Crippen molar-refractivity contribution in [3.63, 3.8) is 0 Å². The predicted molar refractivity (Wildman–Crippen MR) is 124 cm³/mol. The fourth-order valence-corrected chi connectivity index (χ4v) is 5.17. The number of halogens is 2. The molecule has 4 nitrogen and oxygen atoms in total. The summed E-state index contributed by atoms with van der Waals surface area (Å²) in [5, 5.41) is 0.951. The highest BCUT2D eigenvalue weighted by Crippen LogP contribution is 2.29. The van der Waals surface area contributed by atoms with Gasteiger partial charge in [0.15, 0.2) is 0 Å². The lowest BCUT2D eigenvalue weighted by Gasteiger charge is -2.27. The van der Waals surface area contributed by atoms with Gasteiger partial charge < -0.3 is 4.90 Å². The van der Waals surface area contributed by atoms with Crippen molar-refractivity contribution in [1.29, 1.82) is 0 Å². The Morgan fingerprint density at radius 1 is 0.900 bits per heavy atom. The molecule has 1 heterocycles. The zero-order valence-electron chi connectivity index (χ0n) is 16.3. The lowest BCUT2D eigenvalue weighted by atomic mass is 10.1. The molecule has 156 valence electrons. The fraction of sp³-hybridized carbons (Fsp3) is 0.217. The van der Waals surface area contributed by atoms with Gasteiger partial charge in [0.1, 0.15) is 0 Å². The Balaban J connectivity index is 1.45. The average molecular weight is 461 g/mol. The highest BCUT2D eigenvalue weighted by atomic mass is 35.5. The maximum atomic E-state index is 12.8. The Morgan fingerprint density at radius 3 is 2.30 bits per heavy atom. The quantitative estimate of drug-likeness (QED) is 0.519. The lowest BCUT2D eigenvalue weighted by molar-refractivity contribution is 0.567. The van der Waals surface area contributed by atoms with Crippen molar-refractivity contribution in [2.24, 2.45) is 0 Å². The van der Waals surface area contributed by atoms with Gasteiger partial charge in [-0.15, -0.1) is 0 Å². The normalized spacial score (nSPS) is 16.7. The molecule has 0 aliphatic carbocycles. The summed E-state index contributed by atoms with van der Waals surface area (Å²) in [4.78, 5) is 2.52. The zero-order valence-corrected chi connectivity index (χ0v) is 18.6. The van der Waals surface area contributed by atoms with E-state index in [0.717, 1.165) is 36.2 Å². The minimum atomic E-state index is -3.59. The van der Waals surface area contributed by atoms with E-state index in [9.17, 15) is 8.42 Å². The van der Waals surface area contributed by atoms with E-state index < -0.39 is 10.0 Å². The first-order valence-electron chi connectivity index (χ1n) is 9.81.